The first-order valence-electron chi connectivity index (χ1n) is 12.8. The van der Waals surface area contributed by atoms with Crippen molar-refractivity contribution < 1.29 is 37.7 Å². The first-order chi connectivity index (χ1) is 19.6. The van der Waals surface area contributed by atoms with Crippen molar-refractivity contribution >= 4 is 29.3 Å². The van der Waals surface area contributed by atoms with E-state index in [0.29, 0.717) is 30.9 Å². The number of nitrogens with zero attached hydrogens (tertiary/aromatic N) is 4. The highest BCUT2D eigenvalue weighted by molar-refractivity contribution is 6.05. The lowest BCUT2D eigenvalue weighted by molar-refractivity contribution is -0.155. The van der Waals surface area contributed by atoms with E-state index in [1.54, 1.807) is 12.1 Å². The van der Waals surface area contributed by atoms with Gasteiger partial charge in [-0.3, -0.25) is 15.0 Å². The zero-order valence-electron chi connectivity index (χ0n) is 21.6. The molecule has 11 nitrogen and oxygen atoms in total. The molecule has 0 spiro atoms. The largest absolute Gasteiger partial charge is 0.491 e. The number of alkyl halides is 3. The number of nitrogens with one attached hydrogen (secondary N) is 2. The Hall–Kier alpha value is -4.43. The molecule has 1 fully saturated rings. The van der Waals surface area contributed by atoms with Gasteiger partial charge < -0.3 is 25.2 Å². The fourth-order valence-electron chi connectivity index (χ4n) is 4.79. The van der Waals surface area contributed by atoms with Gasteiger partial charge in [0.05, 0.1) is 18.3 Å². The molecule has 3 aromatic rings. The minimum absolute atomic E-state index is 0.124. The number of anilines is 3. The summed E-state index contributed by atoms with van der Waals surface area (Å²) in [6.45, 7) is 0.512. The predicted octanol–water partition coefficient (Wildman–Crippen LogP) is 2.87. The second-order valence-electron chi connectivity index (χ2n) is 9.61. The summed E-state index contributed by atoms with van der Waals surface area (Å²) in [6, 6.07) is 9.76. The number of hydrogen-bond donors (Lipinski definition) is 4. The summed E-state index contributed by atoms with van der Waals surface area (Å²) in [4.78, 5) is 38.3. The highest BCUT2D eigenvalue weighted by Crippen LogP contribution is 2.39. The summed E-state index contributed by atoms with van der Waals surface area (Å²) in [7, 11) is 0. The third kappa shape index (κ3) is 6.18. The first-order valence-corrected chi connectivity index (χ1v) is 12.8. The molecule has 2 bridgehead atoms. The number of ether oxygens (including phenoxy) is 1. The zero-order chi connectivity index (χ0) is 29.1. The lowest BCUT2D eigenvalue weighted by atomic mass is 10.1. The quantitative estimate of drug-likeness (QED) is 0.323. The monoisotopic (exact) mass is 572 g/mol. The van der Waals surface area contributed by atoms with Gasteiger partial charge in [-0.05, 0) is 30.2 Å². The molecule has 1 unspecified atom stereocenters. The number of hydrogen-bond acceptors (Lipinski definition) is 8. The summed E-state index contributed by atoms with van der Waals surface area (Å²) < 4.78 is 46.9. The summed E-state index contributed by atoms with van der Waals surface area (Å²) in [5.41, 5.74) is 0.176. The third-order valence-corrected chi connectivity index (χ3v) is 6.76. The molecule has 0 aliphatic carbocycles. The third-order valence-electron chi connectivity index (χ3n) is 6.76. The van der Waals surface area contributed by atoms with Gasteiger partial charge in [-0.25, -0.2) is 14.8 Å². The van der Waals surface area contributed by atoms with E-state index in [2.05, 4.69) is 15.3 Å². The molecule has 14 heteroatoms. The lowest BCUT2D eigenvalue weighted by Crippen LogP contribution is -2.48. The summed E-state index contributed by atoms with van der Waals surface area (Å²) in [6.07, 6.45) is -3.82. The number of pyridine rings is 2. The maximum atomic E-state index is 13.8. The van der Waals surface area contributed by atoms with Gasteiger partial charge in [0.25, 0.3) is 5.91 Å². The molecular formula is C27H27F3N6O5. The fraction of sp³-hybridized carbons (Fsp3) is 0.333. The van der Waals surface area contributed by atoms with Crippen molar-refractivity contribution in [1.82, 2.24) is 15.3 Å². The Morgan fingerprint density at radius 2 is 1.93 bits per heavy atom. The zero-order valence-corrected chi connectivity index (χ0v) is 21.6. The molecule has 216 valence electrons. The molecule has 4 N–H and O–H groups in total. The van der Waals surface area contributed by atoms with Crippen molar-refractivity contribution in [3.8, 4) is 5.75 Å². The fourth-order valence-corrected chi connectivity index (χ4v) is 4.79. The average Bonchev–Trinajstić information content (AvgIpc) is 3.38. The average molecular weight is 573 g/mol. The van der Waals surface area contributed by atoms with E-state index >= 15 is 0 Å². The number of rotatable bonds is 8. The Bertz CT molecular complexity index is 1410. The number of amides is 3. The molecule has 4 heterocycles. The van der Waals surface area contributed by atoms with Crippen LogP contribution in [0.15, 0.2) is 60.8 Å². The molecule has 1 saturated heterocycles. The Balaban J connectivity index is 1.38. The van der Waals surface area contributed by atoms with Crippen molar-refractivity contribution in [3.05, 3.63) is 72.1 Å². The van der Waals surface area contributed by atoms with Gasteiger partial charge in [0.15, 0.2) is 11.9 Å². The summed E-state index contributed by atoms with van der Waals surface area (Å²) in [5, 5.41) is 23.2. The molecule has 2 aliphatic heterocycles. The van der Waals surface area contributed by atoms with Crippen molar-refractivity contribution in [2.75, 3.05) is 41.4 Å². The van der Waals surface area contributed by atoms with Gasteiger partial charge in [-0.1, -0.05) is 30.3 Å². The molecule has 3 atom stereocenters. The Morgan fingerprint density at radius 3 is 2.66 bits per heavy atom. The highest BCUT2D eigenvalue weighted by Gasteiger charge is 2.43. The van der Waals surface area contributed by atoms with Crippen LogP contribution in [0.1, 0.15) is 28.5 Å². The molecule has 0 radical (unpaired) electrons. The normalized spacial score (nSPS) is 17.4. The van der Waals surface area contributed by atoms with Crippen molar-refractivity contribution in [2.45, 2.75) is 30.8 Å². The SMILES string of the molecule is O=C(N[C@H](c1ccccc1)C(F)(F)F)c1ccc2c(n1)N(C(=O)Nc1cc(OC[C@H](O)CO)ccn1)C1CCN2C1. The summed E-state index contributed by atoms with van der Waals surface area (Å²) in [5.74, 6) is -0.462. The van der Waals surface area contributed by atoms with Gasteiger partial charge >= 0.3 is 12.2 Å². The van der Waals surface area contributed by atoms with E-state index in [0.717, 1.165) is 0 Å². The number of urea groups is 1. The first kappa shape index (κ1) is 28.1. The maximum absolute atomic E-state index is 13.8. The van der Waals surface area contributed by atoms with Crippen LogP contribution >= 0.6 is 0 Å². The van der Waals surface area contributed by atoms with Crippen molar-refractivity contribution in [1.29, 1.82) is 0 Å². The molecule has 2 aromatic heterocycles. The van der Waals surface area contributed by atoms with E-state index < -0.39 is 36.9 Å². The highest BCUT2D eigenvalue weighted by atomic mass is 19.4. The predicted molar refractivity (Wildman–Crippen MR) is 142 cm³/mol. The lowest BCUT2D eigenvalue weighted by Gasteiger charge is -2.35. The number of aliphatic hydroxyl groups is 2. The smallest absolute Gasteiger partial charge is 0.412 e. The maximum Gasteiger partial charge on any atom is 0.412 e. The van der Waals surface area contributed by atoms with Crippen LogP contribution in [0.25, 0.3) is 0 Å². The van der Waals surface area contributed by atoms with E-state index in [9.17, 15) is 27.9 Å². The molecule has 1 aromatic carbocycles. The van der Waals surface area contributed by atoms with Crippen LogP contribution in [0.5, 0.6) is 5.75 Å². The molecule has 5 rings (SSSR count). The van der Waals surface area contributed by atoms with Crippen LogP contribution in [0, 0.1) is 0 Å². The number of carbonyl (C=O) groups is 2. The van der Waals surface area contributed by atoms with Crippen LogP contribution in [0.3, 0.4) is 0 Å². The van der Waals surface area contributed by atoms with Gasteiger partial charge in [0.1, 0.15) is 30.0 Å². The van der Waals surface area contributed by atoms with Gasteiger partial charge in [0, 0.05) is 25.4 Å². The minimum atomic E-state index is -4.75. The van der Waals surface area contributed by atoms with Crippen molar-refractivity contribution in [2.24, 2.45) is 0 Å². The van der Waals surface area contributed by atoms with Gasteiger partial charge in [-0.2, -0.15) is 13.2 Å². The van der Waals surface area contributed by atoms with E-state index in [-0.39, 0.29) is 35.5 Å². The molecule has 2 aliphatic rings. The van der Waals surface area contributed by atoms with Crippen LogP contribution in [0.4, 0.5) is 35.3 Å². The molecule has 0 saturated carbocycles. The van der Waals surface area contributed by atoms with Crippen LogP contribution in [0.2, 0.25) is 0 Å². The standard InChI is InChI=1S/C27H27F3N6O5/c28-27(29,30)23(16-4-2-1-3-5-16)34-25(39)20-6-7-21-24(32-20)36(17-9-11-35(21)13-17)26(40)33-22-12-19(8-10-31-22)41-15-18(38)14-37/h1-8,10,12,17-18,23,37-38H,9,11,13-15H2,(H,34,39)(H,31,33,40)/t17?,18-,23-/m1/s1. The Labute approximate surface area is 232 Å². The van der Waals surface area contributed by atoms with Crippen LogP contribution in [-0.2, 0) is 0 Å². The van der Waals surface area contributed by atoms with Crippen LogP contribution in [-0.4, -0.2) is 76.7 Å². The number of carbonyl (C=O) groups excluding carboxylic acids is 2. The van der Waals surface area contributed by atoms with E-state index in [4.69, 9.17) is 9.84 Å². The number of aromatic nitrogens is 2. The Morgan fingerprint density at radius 1 is 1.15 bits per heavy atom. The number of aliphatic hydroxyl groups excluding tert-OH is 2. The molecular weight excluding hydrogens is 545 g/mol. The van der Waals surface area contributed by atoms with E-state index in [1.165, 1.54) is 53.6 Å². The summed E-state index contributed by atoms with van der Waals surface area (Å²) >= 11 is 0. The number of fused-ring (bicyclic) bond motifs is 4. The van der Waals surface area contributed by atoms with Crippen molar-refractivity contribution in [3.63, 3.8) is 0 Å². The molecule has 41 heavy (non-hydrogen) atoms. The number of halogens is 3. The second-order valence-corrected chi connectivity index (χ2v) is 9.61. The van der Waals surface area contributed by atoms with Gasteiger partial charge in [0.2, 0.25) is 0 Å². The minimum Gasteiger partial charge on any atom is -0.491 e. The molecule has 3 amide bonds. The Kier molecular flexibility index (Phi) is 7.94. The van der Waals surface area contributed by atoms with Crippen LogP contribution < -0.4 is 25.2 Å². The number of benzene rings is 1. The van der Waals surface area contributed by atoms with Gasteiger partial charge in [-0.15, -0.1) is 0 Å². The topological polar surface area (TPSA) is 140 Å². The van der Waals surface area contributed by atoms with E-state index in [1.807, 2.05) is 10.2 Å². The second kappa shape index (κ2) is 11.6.